The normalized spacial score (nSPS) is 20.1. The minimum absolute atomic E-state index is 0.00926. The van der Waals surface area contributed by atoms with Crippen LogP contribution in [-0.2, 0) is 9.59 Å². The first-order chi connectivity index (χ1) is 18.1. The number of aromatic nitrogens is 1. The topological polar surface area (TPSA) is 75.2 Å². The second-order valence-corrected chi connectivity index (χ2v) is 9.33. The van der Waals surface area contributed by atoms with E-state index < -0.39 is 6.04 Å². The Morgan fingerprint density at radius 1 is 0.865 bits per heavy atom. The molecule has 0 unspecified atom stereocenters. The number of methoxy groups -OCH3 is 2. The van der Waals surface area contributed by atoms with E-state index in [4.69, 9.17) is 9.47 Å². The molecule has 0 spiro atoms. The molecule has 2 aliphatic rings. The highest BCUT2D eigenvalue weighted by Crippen LogP contribution is 2.41. The van der Waals surface area contributed by atoms with Gasteiger partial charge in [0.2, 0.25) is 11.8 Å². The number of ether oxygens (including phenoxy) is 2. The lowest BCUT2D eigenvalue weighted by molar-refractivity contribution is -0.138. The van der Waals surface area contributed by atoms with Crippen molar-refractivity contribution in [1.82, 2.24) is 9.88 Å². The molecule has 0 saturated carbocycles. The second-order valence-electron chi connectivity index (χ2n) is 9.33. The molecule has 8 heteroatoms. The van der Waals surface area contributed by atoms with Crippen molar-refractivity contribution in [2.75, 3.05) is 50.2 Å². The van der Waals surface area contributed by atoms with Gasteiger partial charge in [-0.2, -0.15) is 0 Å². The third kappa shape index (κ3) is 5.09. The van der Waals surface area contributed by atoms with Crippen molar-refractivity contribution < 1.29 is 19.1 Å². The molecule has 2 fully saturated rings. The summed E-state index contributed by atoms with van der Waals surface area (Å²) >= 11 is 0. The van der Waals surface area contributed by atoms with Crippen LogP contribution >= 0.6 is 0 Å². The lowest BCUT2D eigenvalue weighted by atomic mass is 9.82. The van der Waals surface area contributed by atoms with Crippen LogP contribution in [0.3, 0.4) is 0 Å². The fourth-order valence-electron chi connectivity index (χ4n) is 5.31. The summed E-state index contributed by atoms with van der Waals surface area (Å²) in [5.41, 5.74) is 1.67. The molecule has 2 atom stereocenters. The molecule has 3 heterocycles. The van der Waals surface area contributed by atoms with Crippen molar-refractivity contribution in [2.24, 2.45) is 5.92 Å². The molecule has 2 saturated heterocycles. The van der Waals surface area contributed by atoms with E-state index in [9.17, 15) is 9.59 Å². The number of carbonyl (C=O) groups excluding carboxylic acids is 2. The zero-order chi connectivity index (χ0) is 25.8. The summed E-state index contributed by atoms with van der Waals surface area (Å²) < 4.78 is 10.7. The summed E-state index contributed by atoms with van der Waals surface area (Å²) in [5, 5.41) is 0. The molecule has 8 nitrogen and oxygen atoms in total. The maximum Gasteiger partial charge on any atom is 0.228 e. The average Bonchev–Trinajstić information content (AvgIpc) is 2.97. The van der Waals surface area contributed by atoms with Gasteiger partial charge in [0.1, 0.15) is 17.3 Å². The van der Waals surface area contributed by atoms with E-state index in [1.165, 1.54) is 0 Å². The number of carbonyl (C=O) groups is 2. The fourth-order valence-corrected chi connectivity index (χ4v) is 5.31. The molecule has 192 valence electrons. The molecule has 2 amide bonds. The lowest BCUT2D eigenvalue weighted by Crippen LogP contribution is -2.54. The van der Waals surface area contributed by atoms with Gasteiger partial charge in [0.15, 0.2) is 0 Å². The zero-order valence-corrected chi connectivity index (χ0v) is 21.2. The van der Waals surface area contributed by atoms with Gasteiger partial charge >= 0.3 is 0 Å². The van der Waals surface area contributed by atoms with Gasteiger partial charge in [-0.05, 0) is 60.5 Å². The van der Waals surface area contributed by atoms with Crippen LogP contribution in [0.25, 0.3) is 0 Å². The van der Waals surface area contributed by atoms with Gasteiger partial charge in [0, 0.05) is 44.5 Å². The Morgan fingerprint density at radius 2 is 1.51 bits per heavy atom. The first kappa shape index (κ1) is 24.6. The van der Waals surface area contributed by atoms with Gasteiger partial charge in [-0.3, -0.25) is 9.59 Å². The summed E-state index contributed by atoms with van der Waals surface area (Å²) in [5.74, 6) is 2.12. The van der Waals surface area contributed by atoms with Crippen molar-refractivity contribution in [3.8, 4) is 11.5 Å². The van der Waals surface area contributed by atoms with E-state index >= 15 is 0 Å². The van der Waals surface area contributed by atoms with Crippen LogP contribution < -0.4 is 19.3 Å². The molecular weight excluding hydrogens is 468 g/mol. The molecule has 2 aliphatic heterocycles. The average molecular weight is 501 g/mol. The van der Waals surface area contributed by atoms with Crippen molar-refractivity contribution in [1.29, 1.82) is 0 Å². The number of hydrogen-bond acceptors (Lipinski definition) is 6. The van der Waals surface area contributed by atoms with Crippen LogP contribution in [0.15, 0.2) is 72.9 Å². The smallest absolute Gasteiger partial charge is 0.228 e. The first-order valence-corrected chi connectivity index (χ1v) is 12.6. The molecule has 37 heavy (non-hydrogen) atoms. The molecule has 0 N–H and O–H groups in total. The number of amides is 2. The molecule has 3 aromatic rings. The Kier molecular flexibility index (Phi) is 7.25. The summed E-state index contributed by atoms with van der Waals surface area (Å²) in [6, 6.07) is 20.6. The summed E-state index contributed by atoms with van der Waals surface area (Å²) in [4.78, 5) is 37.7. The zero-order valence-electron chi connectivity index (χ0n) is 21.2. The van der Waals surface area contributed by atoms with Crippen molar-refractivity contribution in [3.05, 3.63) is 78.5 Å². The van der Waals surface area contributed by atoms with Gasteiger partial charge in [-0.1, -0.05) is 18.2 Å². The third-order valence-corrected chi connectivity index (χ3v) is 7.29. The number of anilines is 2. The predicted molar refractivity (Wildman–Crippen MR) is 142 cm³/mol. The van der Waals surface area contributed by atoms with E-state index in [-0.39, 0.29) is 17.7 Å². The summed E-state index contributed by atoms with van der Waals surface area (Å²) in [6.07, 6.45) is 2.63. The first-order valence-electron chi connectivity index (χ1n) is 12.6. The van der Waals surface area contributed by atoms with Gasteiger partial charge in [-0.15, -0.1) is 0 Å². The second kappa shape index (κ2) is 10.9. The summed E-state index contributed by atoms with van der Waals surface area (Å²) in [6.45, 7) is 2.70. The highest BCUT2D eigenvalue weighted by atomic mass is 16.5. The van der Waals surface area contributed by atoms with Crippen LogP contribution in [0.4, 0.5) is 11.5 Å². The Balaban J connectivity index is 1.43. The highest BCUT2D eigenvalue weighted by Gasteiger charge is 2.43. The molecule has 0 aliphatic carbocycles. The number of hydrogen-bond donors (Lipinski definition) is 0. The van der Waals surface area contributed by atoms with Gasteiger partial charge < -0.3 is 24.2 Å². The van der Waals surface area contributed by atoms with Crippen molar-refractivity contribution in [3.63, 3.8) is 0 Å². The molecule has 5 rings (SSSR count). The molecular formula is C29H32N4O4. The van der Waals surface area contributed by atoms with Crippen LogP contribution in [0.1, 0.15) is 24.4 Å². The molecule has 1 aromatic heterocycles. The maximum atomic E-state index is 14.0. The number of piperidine rings is 1. The molecule has 0 bridgehead atoms. The number of pyridine rings is 1. The Labute approximate surface area is 217 Å². The lowest BCUT2D eigenvalue weighted by Gasteiger charge is -2.44. The molecule has 2 aromatic carbocycles. The van der Waals surface area contributed by atoms with Crippen LogP contribution in [-0.4, -0.2) is 62.1 Å². The minimum Gasteiger partial charge on any atom is -0.497 e. The van der Waals surface area contributed by atoms with Crippen LogP contribution in [0, 0.1) is 5.92 Å². The Hall–Kier alpha value is -4.07. The minimum atomic E-state index is -0.415. The van der Waals surface area contributed by atoms with Crippen LogP contribution in [0.2, 0.25) is 0 Å². The SMILES string of the molecule is COc1ccc([C@@H]2[C@H](C(=O)N3CCN(c4ccccn4)CC3)CCC(=O)N2c2ccc(OC)cc2)cc1. The van der Waals surface area contributed by atoms with Gasteiger partial charge in [-0.25, -0.2) is 4.98 Å². The number of rotatable bonds is 6. The standard InChI is InChI=1S/C29H32N4O4/c1-36-23-10-6-21(7-11-23)28-25(14-15-27(34)33(28)22-8-12-24(37-2)13-9-22)29(35)32-19-17-31(18-20-32)26-5-3-4-16-30-26/h3-13,16,25,28H,14-15,17-20H2,1-2H3/t25-,28-/m1/s1. The van der Waals surface area contributed by atoms with Gasteiger partial charge in [0.25, 0.3) is 0 Å². The van der Waals surface area contributed by atoms with Crippen LogP contribution in [0.5, 0.6) is 11.5 Å². The Bertz CT molecular complexity index is 1210. The van der Waals surface area contributed by atoms with E-state index in [1.807, 2.05) is 71.6 Å². The highest BCUT2D eigenvalue weighted by molar-refractivity contribution is 5.97. The molecule has 0 radical (unpaired) electrons. The number of piperazine rings is 1. The van der Waals surface area contributed by atoms with E-state index in [1.54, 1.807) is 25.3 Å². The predicted octanol–water partition coefficient (Wildman–Crippen LogP) is 3.93. The number of nitrogens with zero attached hydrogens (tertiary/aromatic N) is 4. The number of benzene rings is 2. The van der Waals surface area contributed by atoms with Crippen molar-refractivity contribution in [2.45, 2.75) is 18.9 Å². The maximum absolute atomic E-state index is 14.0. The largest absolute Gasteiger partial charge is 0.497 e. The van der Waals surface area contributed by atoms with E-state index in [0.29, 0.717) is 31.7 Å². The van der Waals surface area contributed by atoms with Gasteiger partial charge in [0.05, 0.1) is 26.2 Å². The fraction of sp³-hybridized carbons (Fsp3) is 0.345. The monoisotopic (exact) mass is 500 g/mol. The Morgan fingerprint density at radius 3 is 2.11 bits per heavy atom. The quantitative estimate of drug-likeness (QED) is 0.511. The third-order valence-electron chi connectivity index (χ3n) is 7.29. The van der Waals surface area contributed by atoms with Crippen molar-refractivity contribution >= 4 is 23.3 Å². The van der Waals surface area contributed by atoms with E-state index in [2.05, 4.69) is 9.88 Å². The van der Waals surface area contributed by atoms with E-state index in [0.717, 1.165) is 35.9 Å². The summed E-state index contributed by atoms with van der Waals surface area (Å²) in [7, 11) is 3.24.